The first-order valence-electron chi connectivity index (χ1n) is 9.16. The standard InChI is InChI=1S/C18H15F3N6O3S2/c19-18(20,21)11-7-10(9-24-12(11)8-22)26-15(28)17(5-2-6-17)27(16(26)31)13-3-1-4-14(25-13)32(23,29)30/h1,3-4,7-9,22H,2,5-6H2,(H2,23,29,30). The number of rotatable bonds is 4. The predicted octanol–water partition coefficient (Wildman–Crippen LogP) is 2.20. The van der Waals surface area contributed by atoms with E-state index in [4.69, 9.17) is 22.8 Å². The van der Waals surface area contributed by atoms with E-state index in [2.05, 4.69) is 9.97 Å². The largest absolute Gasteiger partial charge is 0.418 e. The van der Waals surface area contributed by atoms with Crippen LogP contribution in [0.15, 0.2) is 35.5 Å². The molecule has 4 rings (SSSR count). The van der Waals surface area contributed by atoms with Gasteiger partial charge in [0, 0.05) is 6.21 Å². The third-order valence-corrected chi connectivity index (χ3v) is 6.60. The van der Waals surface area contributed by atoms with Gasteiger partial charge in [-0.2, -0.15) is 13.2 Å². The van der Waals surface area contributed by atoms with Crippen molar-refractivity contribution in [2.45, 2.75) is 36.0 Å². The van der Waals surface area contributed by atoms with Crippen LogP contribution in [-0.2, 0) is 21.0 Å². The van der Waals surface area contributed by atoms with Crippen LogP contribution in [0.4, 0.5) is 24.7 Å². The summed E-state index contributed by atoms with van der Waals surface area (Å²) in [5, 5.41) is 11.7. The molecule has 0 atom stereocenters. The number of carbonyl (C=O) groups excluding carboxylic acids is 1. The fourth-order valence-electron chi connectivity index (χ4n) is 3.78. The van der Waals surface area contributed by atoms with Crippen molar-refractivity contribution in [1.82, 2.24) is 9.97 Å². The third kappa shape index (κ3) is 3.34. The summed E-state index contributed by atoms with van der Waals surface area (Å²) in [5.41, 5.74) is -3.19. The van der Waals surface area contributed by atoms with Gasteiger partial charge in [-0.3, -0.25) is 19.6 Å². The lowest BCUT2D eigenvalue weighted by molar-refractivity contribution is -0.138. The van der Waals surface area contributed by atoms with E-state index in [0.717, 1.165) is 11.1 Å². The Bertz CT molecular complexity index is 1260. The van der Waals surface area contributed by atoms with Gasteiger partial charge in [-0.15, -0.1) is 0 Å². The second-order valence-electron chi connectivity index (χ2n) is 7.29. The monoisotopic (exact) mass is 484 g/mol. The van der Waals surface area contributed by atoms with Crippen LogP contribution >= 0.6 is 12.2 Å². The Morgan fingerprint density at radius 2 is 1.97 bits per heavy atom. The minimum Gasteiger partial charge on any atom is -0.306 e. The maximum atomic E-state index is 13.5. The number of alkyl halides is 3. The number of hydrogen-bond acceptors (Lipinski definition) is 7. The van der Waals surface area contributed by atoms with E-state index in [1.165, 1.54) is 23.1 Å². The molecule has 32 heavy (non-hydrogen) atoms. The molecular formula is C18H15F3N6O3S2. The van der Waals surface area contributed by atoms with Crippen molar-refractivity contribution in [3.63, 3.8) is 0 Å². The Kier molecular flexibility index (Phi) is 5.06. The number of amides is 1. The van der Waals surface area contributed by atoms with Crippen LogP contribution in [0, 0.1) is 5.41 Å². The Morgan fingerprint density at radius 1 is 1.28 bits per heavy atom. The summed E-state index contributed by atoms with van der Waals surface area (Å²) in [4.78, 5) is 23.4. The molecule has 1 spiro atoms. The topological polar surface area (TPSA) is 133 Å². The molecule has 2 aromatic heterocycles. The van der Waals surface area contributed by atoms with E-state index >= 15 is 0 Å². The lowest BCUT2D eigenvalue weighted by atomic mass is 9.75. The quantitative estimate of drug-likeness (QED) is 0.502. The summed E-state index contributed by atoms with van der Waals surface area (Å²) in [7, 11) is -4.14. The predicted molar refractivity (Wildman–Crippen MR) is 112 cm³/mol. The van der Waals surface area contributed by atoms with Gasteiger partial charge in [0.25, 0.3) is 15.9 Å². The number of aromatic nitrogens is 2. The Morgan fingerprint density at radius 3 is 2.50 bits per heavy atom. The number of pyridine rings is 2. The molecule has 9 nitrogen and oxygen atoms in total. The summed E-state index contributed by atoms with van der Waals surface area (Å²) >= 11 is 5.44. The van der Waals surface area contributed by atoms with E-state index in [1.807, 2.05) is 0 Å². The van der Waals surface area contributed by atoms with Gasteiger partial charge in [0.15, 0.2) is 10.1 Å². The molecule has 1 aliphatic carbocycles. The van der Waals surface area contributed by atoms with Gasteiger partial charge in [-0.05, 0) is 49.7 Å². The van der Waals surface area contributed by atoms with E-state index < -0.39 is 43.9 Å². The fourth-order valence-corrected chi connectivity index (χ4v) is 4.73. The first kappa shape index (κ1) is 22.2. The van der Waals surface area contributed by atoms with Crippen LogP contribution in [0.25, 0.3) is 0 Å². The maximum absolute atomic E-state index is 13.5. The second-order valence-corrected chi connectivity index (χ2v) is 9.16. The van der Waals surface area contributed by atoms with Crippen molar-refractivity contribution >= 4 is 51.0 Å². The van der Waals surface area contributed by atoms with Crippen molar-refractivity contribution in [1.29, 1.82) is 5.41 Å². The molecule has 168 valence electrons. The minimum absolute atomic E-state index is 0.0391. The lowest BCUT2D eigenvalue weighted by Gasteiger charge is -2.42. The van der Waals surface area contributed by atoms with Gasteiger partial charge >= 0.3 is 6.18 Å². The van der Waals surface area contributed by atoms with Crippen LogP contribution in [0.5, 0.6) is 0 Å². The number of nitrogens with two attached hydrogens (primary N) is 1. The van der Waals surface area contributed by atoms with Crippen molar-refractivity contribution in [2.75, 3.05) is 9.80 Å². The number of anilines is 2. The number of primary sulfonamides is 1. The molecule has 1 saturated heterocycles. The second kappa shape index (κ2) is 7.28. The van der Waals surface area contributed by atoms with Crippen LogP contribution in [0.3, 0.4) is 0 Å². The van der Waals surface area contributed by atoms with Gasteiger partial charge in [-0.1, -0.05) is 6.07 Å². The average molecular weight is 484 g/mol. The molecule has 3 heterocycles. The van der Waals surface area contributed by atoms with E-state index in [-0.39, 0.29) is 16.6 Å². The van der Waals surface area contributed by atoms with E-state index in [9.17, 15) is 26.4 Å². The molecule has 0 unspecified atom stereocenters. The molecule has 2 aromatic rings. The molecule has 2 aliphatic rings. The zero-order valence-corrected chi connectivity index (χ0v) is 17.8. The highest BCUT2D eigenvalue weighted by molar-refractivity contribution is 7.89. The summed E-state index contributed by atoms with van der Waals surface area (Å²) in [6, 6.07) is 4.71. The highest BCUT2D eigenvalue weighted by Crippen LogP contribution is 2.47. The van der Waals surface area contributed by atoms with E-state index in [0.29, 0.717) is 31.5 Å². The van der Waals surface area contributed by atoms with Crippen molar-refractivity contribution < 1.29 is 26.4 Å². The summed E-state index contributed by atoms with van der Waals surface area (Å²) < 4.78 is 63.8. The number of hydrogen-bond donors (Lipinski definition) is 2. The minimum atomic E-state index is -4.81. The number of thiocarbonyl (C=S) groups is 1. The number of sulfonamides is 1. The third-order valence-electron chi connectivity index (χ3n) is 5.43. The van der Waals surface area contributed by atoms with Crippen molar-refractivity contribution in [3.05, 3.63) is 41.7 Å². The maximum Gasteiger partial charge on any atom is 0.418 e. The molecular weight excluding hydrogens is 469 g/mol. The highest BCUT2D eigenvalue weighted by Gasteiger charge is 2.60. The zero-order valence-electron chi connectivity index (χ0n) is 16.1. The molecule has 1 amide bonds. The average Bonchev–Trinajstić information content (AvgIpc) is 2.93. The highest BCUT2D eigenvalue weighted by atomic mass is 32.2. The lowest BCUT2D eigenvalue weighted by Crippen LogP contribution is -2.55. The molecule has 3 N–H and O–H groups in total. The normalized spacial score (nSPS) is 18.2. The Hall–Kier alpha value is -2.97. The number of carbonyl (C=O) groups is 1. The molecule has 0 radical (unpaired) electrons. The Labute approximate surface area is 185 Å². The van der Waals surface area contributed by atoms with Gasteiger partial charge < -0.3 is 5.41 Å². The summed E-state index contributed by atoms with van der Waals surface area (Å²) in [5.74, 6) is -0.522. The molecule has 0 bridgehead atoms. The van der Waals surface area contributed by atoms with Crippen LogP contribution in [0.2, 0.25) is 0 Å². The van der Waals surface area contributed by atoms with Gasteiger partial charge in [-0.25, -0.2) is 18.5 Å². The number of nitrogens with one attached hydrogen (secondary N) is 1. The summed E-state index contributed by atoms with van der Waals surface area (Å²) in [6.45, 7) is 0. The van der Waals surface area contributed by atoms with Gasteiger partial charge in [0.1, 0.15) is 11.4 Å². The van der Waals surface area contributed by atoms with Gasteiger partial charge in [0.05, 0.1) is 23.1 Å². The van der Waals surface area contributed by atoms with E-state index in [1.54, 1.807) is 0 Å². The van der Waals surface area contributed by atoms with Crippen molar-refractivity contribution in [3.8, 4) is 0 Å². The fraction of sp³-hybridized carbons (Fsp3) is 0.278. The molecule has 1 aliphatic heterocycles. The molecule has 2 fully saturated rings. The van der Waals surface area contributed by atoms with Crippen LogP contribution in [0.1, 0.15) is 30.5 Å². The number of nitrogens with zero attached hydrogens (tertiary/aromatic N) is 4. The SMILES string of the molecule is N=Cc1ncc(N2C(=O)C3(CCC3)N(c3cccc(S(N)(=O)=O)n3)C2=S)cc1C(F)(F)F. The summed E-state index contributed by atoms with van der Waals surface area (Å²) in [6.07, 6.45) is -1.95. The van der Waals surface area contributed by atoms with Crippen LogP contribution in [-0.4, -0.2) is 41.2 Å². The smallest absolute Gasteiger partial charge is 0.306 e. The molecule has 0 aromatic carbocycles. The van der Waals surface area contributed by atoms with Crippen LogP contribution < -0.4 is 14.9 Å². The van der Waals surface area contributed by atoms with Gasteiger partial charge in [0.2, 0.25) is 0 Å². The first-order chi connectivity index (χ1) is 14.9. The zero-order chi connectivity index (χ0) is 23.5. The van der Waals surface area contributed by atoms with Crippen molar-refractivity contribution in [2.24, 2.45) is 5.14 Å². The Balaban J connectivity index is 1.84. The molecule has 14 heteroatoms. The first-order valence-corrected chi connectivity index (χ1v) is 11.1. The number of halogens is 3. The molecule has 1 saturated carbocycles.